The molecule has 1 aromatic heterocycles. The minimum Gasteiger partial charge on any atom is -0.357 e. The highest BCUT2D eigenvalue weighted by Gasteiger charge is 2.22. The lowest BCUT2D eigenvalue weighted by Gasteiger charge is -2.23. The van der Waals surface area contributed by atoms with E-state index < -0.39 is 0 Å². The molecule has 3 rings (SSSR count). The van der Waals surface area contributed by atoms with E-state index in [0.29, 0.717) is 6.04 Å². The van der Waals surface area contributed by atoms with Crippen molar-refractivity contribution in [1.29, 1.82) is 0 Å². The van der Waals surface area contributed by atoms with Gasteiger partial charge in [0.15, 0.2) is 0 Å². The normalized spacial score (nSPS) is 18.9. The van der Waals surface area contributed by atoms with E-state index in [1.807, 2.05) is 0 Å². The predicted molar refractivity (Wildman–Crippen MR) is 70.8 cm³/mol. The van der Waals surface area contributed by atoms with Gasteiger partial charge in [0.05, 0.1) is 0 Å². The zero-order valence-electron chi connectivity index (χ0n) is 9.79. The van der Waals surface area contributed by atoms with E-state index in [9.17, 15) is 0 Å². The highest BCUT2D eigenvalue weighted by atomic mass is 15.0. The molecule has 2 heterocycles. The van der Waals surface area contributed by atoms with Crippen LogP contribution in [0.1, 0.15) is 30.1 Å². The summed E-state index contributed by atoms with van der Waals surface area (Å²) < 4.78 is 0. The first-order valence-corrected chi connectivity index (χ1v) is 6.16. The first-order valence-electron chi connectivity index (χ1n) is 6.16. The minimum absolute atomic E-state index is 0.391. The van der Waals surface area contributed by atoms with Gasteiger partial charge in [0.25, 0.3) is 0 Å². The summed E-state index contributed by atoms with van der Waals surface area (Å²) in [6.45, 7) is 1.05. The number of nitrogens with one attached hydrogen (secondary N) is 2. The molecular formula is C15H16N2. The van der Waals surface area contributed by atoms with E-state index in [-0.39, 0.29) is 0 Å². The number of aromatic amines is 1. The summed E-state index contributed by atoms with van der Waals surface area (Å²) in [6, 6.07) is 8.92. The maximum absolute atomic E-state index is 5.35. The molecule has 0 fully saturated rings. The van der Waals surface area contributed by atoms with Crippen LogP contribution in [0.15, 0.2) is 24.3 Å². The molecule has 1 aliphatic heterocycles. The molecule has 2 nitrogen and oxygen atoms in total. The molecular weight excluding hydrogens is 208 g/mol. The van der Waals surface area contributed by atoms with Crippen LogP contribution in [-0.2, 0) is 6.42 Å². The molecule has 0 aliphatic carbocycles. The van der Waals surface area contributed by atoms with Gasteiger partial charge in [-0.2, -0.15) is 0 Å². The zero-order chi connectivity index (χ0) is 11.7. The number of H-pyrrole nitrogens is 1. The molecule has 0 amide bonds. The molecule has 86 valence electrons. The number of aromatic nitrogens is 1. The summed E-state index contributed by atoms with van der Waals surface area (Å²) in [5.74, 6) is 2.73. The number of fused-ring (bicyclic) bond motifs is 3. The highest BCUT2D eigenvalue weighted by Crippen LogP contribution is 2.31. The van der Waals surface area contributed by atoms with E-state index >= 15 is 0 Å². The number of hydrogen-bond acceptors (Lipinski definition) is 1. The third-order valence-corrected chi connectivity index (χ3v) is 3.54. The molecule has 1 atom stereocenters. The lowest BCUT2D eigenvalue weighted by molar-refractivity contribution is 0.474. The van der Waals surface area contributed by atoms with E-state index in [2.05, 4.69) is 40.5 Å². The molecule has 0 saturated heterocycles. The van der Waals surface area contributed by atoms with Gasteiger partial charge >= 0.3 is 0 Å². The summed E-state index contributed by atoms with van der Waals surface area (Å²) in [4.78, 5) is 3.54. The van der Waals surface area contributed by atoms with Crippen LogP contribution in [0.2, 0.25) is 0 Å². The molecule has 17 heavy (non-hydrogen) atoms. The van der Waals surface area contributed by atoms with Crippen LogP contribution in [-0.4, -0.2) is 11.5 Å². The Morgan fingerprint density at radius 3 is 3.12 bits per heavy atom. The van der Waals surface area contributed by atoms with Gasteiger partial charge in [-0.25, -0.2) is 0 Å². The summed E-state index contributed by atoms with van der Waals surface area (Å²) in [5, 5.41) is 4.91. The Balaban J connectivity index is 2.05. The molecule has 0 unspecified atom stereocenters. The fraction of sp³-hybridized carbons (Fsp3) is 0.333. The maximum Gasteiger partial charge on any atom is 0.0485 e. The Hall–Kier alpha value is -1.72. The van der Waals surface area contributed by atoms with Crippen LogP contribution in [0.25, 0.3) is 10.9 Å². The lowest BCUT2D eigenvalue weighted by Crippen LogP contribution is -2.29. The fourth-order valence-corrected chi connectivity index (χ4v) is 2.74. The zero-order valence-corrected chi connectivity index (χ0v) is 9.79. The van der Waals surface area contributed by atoms with Crippen LogP contribution >= 0.6 is 0 Å². The topological polar surface area (TPSA) is 27.8 Å². The van der Waals surface area contributed by atoms with Gasteiger partial charge in [-0.1, -0.05) is 18.2 Å². The van der Waals surface area contributed by atoms with Crippen molar-refractivity contribution in [2.24, 2.45) is 0 Å². The molecule has 2 heteroatoms. The van der Waals surface area contributed by atoms with Crippen molar-refractivity contribution < 1.29 is 0 Å². The van der Waals surface area contributed by atoms with Gasteiger partial charge in [0.1, 0.15) is 0 Å². The van der Waals surface area contributed by atoms with Crippen molar-refractivity contribution >= 4 is 10.9 Å². The third kappa shape index (κ3) is 1.73. The number of hydrogen-bond donors (Lipinski definition) is 2. The number of benzene rings is 1. The van der Waals surface area contributed by atoms with Gasteiger partial charge in [0.2, 0.25) is 0 Å². The van der Waals surface area contributed by atoms with Crippen LogP contribution in [0, 0.1) is 12.3 Å². The quantitative estimate of drug-likeness (QED) is 0.754. The van der Waals surface area contributed by atoms with Gasteiger partial charge < -0.3 is 10.3 Å². The first-order chi connectivity index (χ1) is 8.40. The van der Waals surface area contributed by atoms with Crippen molar-refractivity contribution in [3.8, 4) is 12.3 Å². The molecule has 2 N–H and O–H groups in total. The van der Waals surface area contributed by atoms with Crippen molar-refractivity contribution in [1.82, 2.24) is 10.3 Å². The van der Waals surface area contributed by atoms with Crippen molar-refractivity contribution in [2.75, 3.05) is 6.54 Å². The molecule has 1 aliphatic rings. The smallest absolute Gasteiger partial charge is 0.0485 e. The number of rotatable bonds is 2. The third-order valence-electron chi connectivity index (χ3n) is 3.54. The largest absolute Gasteiger partial charge is 0.357 e. The van der Waals surface area contributed by atoms with Gasteiger partial charge in [-0.15, -0.1) is 12.3 Å². The van der Waals surface area contributed by atoms with Crippen molar-refractivity contribution in [3.05, 3.63) is 35.5 Å². The van der Waals surface area contributed by atoms with Gasteiger partial charge in [-0.3, -0.25) is 0 Å². The SMILES string of the molecule is C#CCC[C@@H]1NCCc2c1[nH]c1ccccc21. The maximum atomic E-state index is 5.35. The Morgan fingerprint density at radius 2 is 2.24 bits per heavy atom. The molecule has 0 radical (unpaired) electrons. The van der Waals surface area contributed by atoms with Crippen LogP contribution in [0.4, 0.5) is 0 Å². The molecule has 2 aromatic rings. The van der Waals surface area contributed by atoms with Crippen LogP contribution in [0.3, 0.4) is 0 Å². The Bertz CT molecular complexity index is 574. The van der Waals surface area contributed by atoms with Crippen LogP contribution in [0.5, 0.6) is 0 Å². The highest BCUT2D eigenvalue weighted by molar-refractivity contribution is 5.85. The Morgan fingerprint density at radius 1 is 1.35 bits per heavy atom. The average Bonchev–Trinajstić information content (AvgIpc) is 2.75. The second-order valence-electron chi connectivity index (χ2n) is 4.56. The summed E-state index contributed by atoms with van der Waals surface area (Å²) in [6.07, 6.45) is 8.29. The summed E-state index contributed by atoms with van der Waals surface area (Å²) >= 11 is 0. The van der Waals surface area contributed by atoms with Crippen molar-refractivity contribution in [3.63, 3.8) is 0 Å². The summed E-state index contributed by atoms with van der Waals surface area (Å²) in [5.41, 5.74) is 4.06. The van der Waals surface area contributed by atoms with Crippen molar-refractivity contribution in [2.45, 2.75) is 25.3 Å². The van der Waals surface area contributed by atoms with Crippen LogP contribution < -0.4 is 5.32 Å². The first kappa shape index (κ1) is 10.4. The fourth-order valence-electron chi connectivity index (χ4n) is 2.74. The summed E-state index contributed by atoms with van der Waals surface area (Å²) in [7, 11) is 0. The molecule has 0 saturated carbocycles. The Labute approximate surface area is 101 Å². The standard InChI is InChI=1S/C15H16N2/c1-2-3-7-14-15-12(9-10-16-14)11-6-4-5-8-13(11)17-15/h1,4-6,8,14,16-17H,3,7,9-10H2/t14-/m0/s1. The Kier molecular flexibility index (Phi) is 2.62. The second kappa shape index (κ2) is 4.27. The number of terminal acetylenes is 1. The predicted octanol–water partition coefficient (Wildman–Crippen LogP) is 2.77. The monoisotopic (exact) mass is 224 g/mol. The lowest BCUT2D eigenvalue weighted by atomic mass is 9.96. The van der Waals surface area contributed by atoms with E-state index in [4.69, 9.17) is 6.42 Å². The molecule has 0 spiro atoms. The molecule has 1 aromatic carbocycles. The second-order valence-corrected chi connectivity index (χ2v) is 4.56. The molecule has 0 bridgehead atoms. The van der Waals surface area contributed by atoms with E-state index in [1.54, 1.807) is 0 Å². The number of para-hydroxylation sites is 1. The average molecular weight is 224 g/mol. The van der Waals surface area contributed by atoms with Gasteiger partial charge in [0, 0.05) is 29.1 Å². The minimum atomic E-state index is 0.391. The van der Waals surface area contributed by atoms with E-state index in [0.717, 1.165) is 25.8 Å². The van der Waals surface area contributed by atoms with Gasteiger partial charge in [-0.05, 0) is 31.0 Å². The van der Waals surface area contributed by atoms with E-state index in [1.165, 1.54) is 22.2 Å².